The van der Waals surface area contributed by atoms with Gasteiger partial charge in [-0.15, -0.1) is 0 Å². The SMILES string of the molecule is CC1(C)COc2ccc(C(=O)N(Cc3ccccc3)Cc3ccccc3)cc2OC1. The number of fused-ring (bicyclic) bond motifs is 1. The van der Waals surface area contributed by atoms with Crippen molar-refractivity contribution in [2.45, 2.75) is 26.9 Å². The largest absolute Gasteiger partial charge is 0.489 e. The number of nitrogens with zero attached hydrogens (tertiary/aromatic N) is 1. The van der Waals surface area contributed by atoms with Gasteiger partial charge in [0, 0.05) is 24.1 Å². The summed E-state index contributed by atoms with van der Waals surface area (Å²) in [6.07, 6.45) is 0. The fraction of sp³-hybridized carbons (Fsp3) is 0.269. The maximum absolute atomic E-state index is 13.5. The van der Waals surface area contributed by atoms with E-state index in [2.05, 4.69) is 13.8 Å². The molecule has 0 aromatic heterocycles. The van der Waals surface area contributed by atoms with Gasteiger partial charge in [-0.05, 0) is 29.3 Å². The van der Waals surface area contributed by atoms with Gasteiger partial charge in [0.25, 0.3) is 5.91 Å². The van der Waals surface area contributed by atoms with Crippen molar-refractivity contribution in [2.24, 2.45) is 5.41 Å². The average Bonchev–Trinajstić information content (AvgIpc) is 2.92. The summed E-state index contributed by atoms with van der Waals surface area (Å²) in [6, 6.07) is 25.6. The standard InChI is InChI=1S/C26H27NO3/c1-26(2)18-29-23-14-13-22(15-24(23)30-19-26)25(28)27(16-20-9-5-3-6-10-20)17-21-11-7-4-8-12-21/h3-15H,16-19H2,1-2H3. The summed E-state index contributed by atoms with van der Waals surface area (Å²) in [7, 11) is 0. The number of ether oxygens (including phenoxy) is 2. The Balaban J connectivity index is 1.60. The van der Waals surface area contributed by atoms with Gasteiger partial charge in [0.2, 0.25) is 0 Å². The van der Waals surface area contributed by atoms with E-state index in [-0.39, 0.29) is 11.3 Å². The zero-order chi connectivity index (χ0) is 21.0. The van der Waals surface area contributed by atoms with E-state index in [9.17, 15) is 4.79 Å². The molecule has 4 nitrogen and oxygen atoms in total. The molecule has 0 saturated heterocycles. The predicted molar refractivity (Wildman–Crippen MR) is 118 cm³/mol. The van der Waals surface area contributed by atoms with Gasteiger partial charge in [0.1, 0.15) is 0 Å². The van der Waals surface area contributed by atoms with Crippen LogP contribution in [-0.4, -0.2) is 24.0 Å². The first-order valence-electron chi connectivity index (χ1n) is 10.3. The van der Waals surface area contributed by atoms with Crippen LogP contribution in [0.25, 0.3) is 0 Å². The molecular weight excluding hydrogens is 374 g/mol. The Morgan fingerprint density at radius 2 is 1.33 bits per heavy atom. The molecule has 4 rings (SSSR count). The number of hydrogen-bond donors (Lipinski definition) is 0. The van der Waals surface area contributed by atoms with Crippen LogP contribution < -0.4 is 9.47 Å². The van der Waals surface area contributed by atoms with Crippen molar-refractivity contribution in [3.05, 3.63) is 95.6 Å². The first-order valence-corrected chi connectivity index (χ1v) is 10.3. The molecule has 154 valence electrons. The van der Waals surface area contributed by atoms with Crippen LogP contribution in [0.1, 0.15) is 35.3 Å². The van der Waals surface area contributed by atoms with Crippen LogP contribution in [0.4, 0.5) is 0 Å². The molecule has 0 unspecified atom stereocenters. The second-order valence-corrected chi connectivity index (χ2v) is 8.54. The molecule has 0 radical (unpaired) electrons. The minimum atomic E-state index is -0.0736. The summed E-state index contributed by atoms with van der Waals surface area (Å²) in [5, 5.41) is 0. The maximum Gasteiger partial charge on any atom is 0.254 e. The number of carbonyl (C=O) groups is 1. The van der Waals surface area contributed by atoms with Gasteiger partial charge in [-0.1, -0.05) is 74.5 Å². The topological polar surface area (TPSA) is 38.8 Å². The smallest absolute Gasteiger partial charge is 0.254 e. The summed E-state index contributed by atoms with van der Waals surface area (Å²) in [4.78, 5) is 15.4. The number of benzene rings is 3. The minimum Gasteiger partial charge on any atom is -0.489 e. The molecule has 3 aromatic carbocycles. The molecule has 1 aliphatic rings. The van der Waals surface area contributed by atoms with Crippen molar-refractivity contribution in [1.29, 1.82) is 0 Å². The highest BCUT2D eigenvalue weighted by Gasteiger charge is 2.26. The monoisotopic (exact) mass is 401 g/mol. The van der Waals surface area contributed by atoms with Crippen molar-refractivity contribution in [1.82, 2.24) is 4.90 Å². The number of rotatable bonds is 5. The lowest BCUT2D eigenvalue weighted by Gasteiger charge is -2.23. The van der Waals surface area contributed by atoms with E-state index in [0.29, 0.717) is 43.4 Å². The Kier molecular flexibility index (Phi) is 5.75. The van der Waals surface area contributed by atoms with Crippen LogP contribution in [0, 0.1) is 5.41 Å². The van der Waals surface area contributed by atoms with Gasteiger partial charge >= 0.3 is 0 Å². The number of carbonyl (C=O) groups excluding carboxylic acids is 1. The van der Waals surface area contributed by atoms with Crippen LogP contribution in [-0.2, 0) is 13.1 Å². The van der Waals surface area contributed by atoms with E-state index in [1.54, 1.807) is 0 Å². The third kappa shape index (κ3) is 4.82. The molecule has 4 heteroatoms. The highest BCUT2D eigenvalue weighted by atomic mass is 16.5. The molecule has 0 N–H and O–H groups in total. The second-order valence-electron chi connectivity index (χ2n) is 8.54. The van der Waals surface area contributed by atoms with E-state index in [0.717, 1.165) is 11.1 Å². The summed E-state index contributed by atoms with van der Waals surface area (Å²) >= 11 is 0. The number of amides is 1. The zero-order valence-electron chi connectivity index (χ0n) is 17.5. The van der Waals surface area contributed by atoms with Gasteiger partial charge in [-0.3, -0.25) is 4.79 Å². The fourth-order valence-electron chi connectivity index (χ4n) is 3.45. The lowest BCUT2D eigenvalue weighted by atomic mass is 9.97. The molecule has 0 aliphatic carbocycles. The quantitative estimate of drug-likeness (QED) is 0.580. The van der Waals surface area contributed by atoms with Crippen LogP contribution in [0.15, 0.2) is 78.9 Å². The third-order valence-electron chi connectivity index (χ3n) is 5.15. The second kappa shape index (κ2) is 8.62. The molecule has 1 aliphatic heterocycles. The molecule has 3 aromatic rings. The van der Waals surface area contributed by atoms with E-state index in [1.165, 1.54) is 0 Å². The van der Waals surface area contributed by atoms with Crippen molar-refractivity contribution in [3.63, 3.8) is 0 Å². The summed E-state index contributed by atoms with van der Waals surface area (Å²) in [5.74, 6) is 1.29. The zero-order valence-corrected chi connectivity index (χ0v) is 17.5. The summed E-state index contributed by atoms with van der Waals surface area (Å²) < 4.78 is 11.9. The van der Waals surface area contributed by atoms with Gasteiger partial charge in [0.05, 0.1) is 13.2 Å². The van der Waals surface area contributed by atoms with E-state index in [1.807, 2.05) is 83.8 Å². The predicted octanol–water partition coefficient (Wildman–Crippen LogP) is 5.33. The molecule has 0 spiro atoms. The molecule has 30 heavy (non-hydrogen) atoms. The molecule has 1 heterocycles. The molecule has 0 atom stereocenters. The molecule has 0 saturated carbocycles. The number of hydrogen-bond acceptors (Lipinski definition) is 3. The van der Waals surface area contributed by atoms with Crippen LogP contribution in [0.2, 0.25) is 0 Å². The van der Waals surface area contributed by atoms with Crippen LogP contribution in [0.3, 0.4) is 0 Å². The Hall–Kier alpha value is -3.27. The average molecular weight is 402 g/mol. The molecule has 0 fully saturated rings. The summed E-state index contributed by atoms with van der Waals surface area (Å²) in [6.45, 7) is 6.42. The van der Waals surface area contributed by atoms with Crippen molar-refractivity contribution in [3.8, 4) is 11.5 Å². The van der Waals surface area contributed by atoms with Gasteiger partial charge in [-0.25, -0.2) is 0 Å². The molecular formula is C26H27NO3. The van der Waals surface area contributed by atoms with Gasteiger partial charge in [0.15, 0.2) is 11.5 Å². The minimum absolute atomic E-state index is 0.0300. The maximum atomic E-state index is 13.5. The van der Waals surface area contributed by atoms with E-state index >= 15 is 0 Å². The Bertz CT molecular complexity index is 958. The fourth-order valence-corrected chi connectivity index (χ4v) is 3.45. The Labute approximate surface area is 178 Å². The van der Waals surface area contributed by atoms with Crippen LogP contribution in [0.5, 0.6) is 11.5 Å². The Morgan fingerprint density at radius 1 is 0.800 bits per heavy atom. The normalized spacial score (nSPS) is 14.6. The highest BCUT2D eigenvalue weighted by Crippen LogP contribution is 2.34. The Morgan fingerprint density at radius 3 is 1.90 bits per heavy atom. The van der Waals surface area contributed by atoms with Crippen molar-refractivity contribution < 1.29 is 14.3 Å². The lowest BCUT2D eigenvalue weighted by Crippen LogP contribution is -2.30. The lowest BCUT2D eigenvalue weighted by molar-refractivity contribution is 0.0729. The van der Waals surface area contributed by atoms with Gasteiger partial charge in [-0.2, -0.15) is 0 Å². The van der Waals surface area contributed by atoms with E-state index < -0.39 is 0 Å². The van der Waals surface area contributed by atoms with Crippen molar-refractivity contribution in [2.75, 3.05) is 13.2 Å². The highest BCUT2D eigenvalue weighted by molar-refractivity contribution is 5.95. The first-order chi connectivity index (χ1) is 14.5. The van der Waals surface area contributed by atoms with Gasteiger partial charge < -0.3 is 14.4 Å². The summed E-state index contributed by atoms with van der Waals surface area (Å²) in [5.41, 5.74) is 2.72. The first kappa shape index (κ1) is 20.0. The molecule has 0 bridgehead atoms. The van der Waals surface area contributed by atoms with Crippen molar-refractivity contribution >= 4 is 5.91 Å². The van der Waals surface area contributed by atoms with E-state index in [4.69, 9.17) is 9.47 Å². The van der Waals surface area contributed by atoms with Crippen LogP contribution >= 0.6 is 0 Å². The third-order valence-corrected chi connectivity index (χ3v) is 5.15. The molecule has 1 amide bonds.